The van der Waals surface area contributed by atoms with E-state index in [1.807, 2.05) is 29.2 Å². The molecular weight excluding hydrogens is 378 g/mol. The van der Waals surface area contributed by atoms with Crippen molar-refractivity contribution in [3.05, 3.63) is 87.1 Å². The first-order valence-corrected chi connectivity index (χ1v) is 11.2. The summed E-state index contributed by atoms with van der Waals surface area (Å²) in [4.78, 5) is 16.9. The van der Waals surface area contributed by atoms with Gasteiger partial charge in [-0.1, -0.05) is 37.6 Å². The van der Waals surface area contributed by atoms with Crippen molar-refractivity contribution in [1.82, 2.24) is 4.90 Å². The highest BCUT2D eigenvalue weighted by atomic mass is 32.1. The van der Waals surface area contributed by atoms with Crippen LogP contribution in [0.25, 0.3) is 0 Å². The fourth-order valence-corrected chi connectivity index (χ4v) is 4.95. The molecule has 150 valence electrons. The van der Waals surface area contributed by atoms with Crippen molar-refractivity contribution in [2.45, 2.75) is 38.6 Å². The zero-order chi connectivity index (χ0) is 20.2. The number of amides is 1. The molecule has 0 radical (unpaired) electrons. The molecule has 3 aromatic rings. The Balaban J connectivity index is 1.64. The highest BCUT2D eigenvalue weighted by molar-refractivity contribution is 7.10. The van der Waals surface area contributed by atoms with Crippen molar-refractivity contribution in [3.63, 3.8) is 0 Å². The van der Waals surface area contributed by atoms with Crippen LogP contribution in [-0.2, 0) is 12.8 Å². The molecule has 4 rings (SSSR count). The summed E-state index contributed by atoms with van der Waals surface area (Å²) in [5.74, 6) is 0.931. The van der Waals surface area contributed by atoms with E-state index in [1.54, 1.807) is 18.4 Å². The Morgan fingerprint density at radius 1 is 1.10 bits per heavy atom. The Labute approximate surface area is 176 Å². The van der Waals surface area contributed by atoms with Crippen LogP contribution in [0.15, 0.2) is 60.0 Å². The van der Waals surface area contributed by atoms with Crippen LogP contribution >= 0.6 is 11.3 Å². The lowest BCUT2D eigenvalue weighted by atomic mass is 9.92. The normalized spacial score (nSPS) is 15.8. The summed E-state index contributed by atoms with van der Waals surface area (Å²) in [5.41, 5.74) is 4.44. The number of hydrogen-bond acceptors (Lipinski definition) is 3. The molecule has 1 unspecified atom stereocenters. The van der Waals surface area contributed by atoms with Crippen molar-refractivity contribution in [2.75, 3.05) is 13.7 Å². The molecule has 1 atom stereocenters. The Morgan fingerprint density at radius 2 is 1.86 bits per heavy atom. The van der Waals surface area contributed by atoms with E-state index in [0.717, 1.165) is 36.3 Å². The molecule has 0 saturated heterocycles. The number of carbonyl (C=O) groups is 1. The molecule has 0 N–H and O–H groups in total. The van der Waals surface area contributed by atoms with Gasteiger partial charge in [0.25, 0.3) is 5.91 Å². The summed E-state index contributed by atoms with van der Waals surface area (Å²) in [6.45, 7) is 2.94. The van der Waals surface area contributed by atoms with E-state index in [1.165, 1.54) is 28.8 Å². The number of ether oxygens (including phenoxy) is 1. The van der Waals surface area contributed by atoms with Gasteiger partial charge in [0.05, 0.1) is 13.2 Å². The lowest BCUT2D eigenvalue weighted by Crippen LogP contribution is -2.40. The minimum atomic E-state index is -0.0526. The second kappa shape index (κ2) is 8.83. The van der Waals surface area contributed by atoms with Gasteiger partial charge in [0.1, 0.15) is 5.75 Å². The highest BCUT2D eigenvalue weighted by Gasteiger charge is 2.33. The van der Waals surface area contributed by atoms with Crippen LogP contribution in [0.3, 0.4) is 0 Å². The molecule has 1 amide bonds. The van der Waals surface area contributed by atoms with Crippen molar-refractivity contribution in [2.24, 2.45) is 0 Å². The maximum Gasteiger partial charge on any atom is 0.254 e. The Kier molecular flexibility index (Phi) is 6.00. The number of rotatable bonds is 6. The second-order valence-electron chi connectivity index (χ2n) is 7.52. The number of nitrogens with zero attached hydrogens (tertiary/aromatic N) is 1. The zero-order valence-electron chi connectivity index (χ0n) is 17.1. The van der Waals surface area contributed by atoms with Crippen LogP contribution < -0.4 is 4.74 Å². The van der Waals surface area contributed by atoms with Crippen molar-refractivity contribution in [3.8, 4) is 5.75 Å². The Hall–Kier alpha value is -2.59. The van der Waals surface area contributed by atoms with Crippen LogP contribution in [0.5, 0.6) is 5.75 Å². The van der Waals surface area contributed by atoms with Gasteiger partial charge >= 0.3 is 0 Å². The number of hydrogen-bond donors (Lipinski definition) is 0. The molecule has 4 heteroatoms. The molecule has 29 heavy (non-hydrogen) atoms. The third-order valence-corrected chi connectivity index (χ3v) is 6.67. The minimum absolute atomic E-state index is 0.0526. The van der Waals surface area contributed by atoms with Gasteiger partial charge in [-0.15, -0.1) is 11.3 Å². The van der Waals surface area contributed by atoms with E-state index in [9.17, 15) is 4.79 Å². The van der Waals surface area contributed by atoms with E-state index in [2.05, 4.69) is 42.6 Å². The number of thiophene rings is 1. The molecule has 1 aliphatic rings. The minimum Gasteiger partial charge on any atom is -0.497 e. The fraction of sp³-hybridized carbons (Fsp3) is 0.320. The third-order valence-electron chi connectivity index (χ3n) is 5.68. The summed E-state index contributed by atoms with van der Waals surface area (Å²) in [7, 11) is 1.67. The van der Waals surface area contributed by atoms with Gasteiger partial charge in [-0.3, -0.25) is 4.79 Å². The summed E-state index contributed by atoms with van der Waals surface area (Å²) in [6.07, 6.45) is 4.35. The highest BCUT2D eigenvalue weighted by Crippen LogP contribution is 2.39. The second-order valence-corrected chi connectivity index (χ2v) is 8.52. The summed E-state index contributed by atoms with van der Waals surface area (Å²) >= 11 is 1.79. The molecule has 0 aliphatic carbocycles. The smallest absolute Gasteiger partial charge is 0.254 e. The molecular formula is C25H27NO2S. The molecule has 1 aromatic heterocycles. The molecule has 0 saturated carbocycles. The Bertz CT molecular complexity index is 959. The topological polar surface area (TPSA) is 29.5 Å². The maximum absolute atomic E-state index is 13.5. The lowest BCUT2D eigenvalue weighted by molar-refractivity contribution is 0.0696. The summed E-state index contributed by atoms with van der Waals surface area (Å²) in [5, 5.41) is 2.14. The quantitative estimate of drug-likeness (QED) is 0.512. The van der Waals surface area contributed by atoms with Gasteiger partial charge < -0.3 is 9.64 Å². The first-order chi connectivity index (χ1) is 14.2. The van der Waals surface area contributed by atoms with Crippen molar-refractivity contribution in [1.29, 1.82) is 0 Å². The van der Waals surface area contributed by atoms with Crippen LogP contribution in [0, 0.1) is 0 Å². The predicted molar refractivity (Wildman–Crippen MR) is 119 cm³/mol. The van der Waals surface area contributed by atoms with Crippen molar-refractivity contribution < 1.29 is 9.53 Å². The van der Waals surface area contributed by atoms with Crippen LogP contribution in [0.4, 0.5) is 0 Å². The first-order valence-electron chi connectivity index (χ1n) is 10.3. The third kappa shape index (κ3) is 4.08. The lowest BCUT2D eigenvalue weighted by Gasteiger charge is -2.36. The molecule has 1 aliphatic heterocycles. The molecule has 0 fully saturated rings. The summed E-state index contributed by atoms with van der Waals surface area (Å²) < 4.78 is 5.32. The van der Waals surface area contributed by atoms with Gasteiger partial charge in [-0.05, 0) is 71.7 Å². The zero-order valence-corrected chi connectivity index (χ0v) is 17.9. The van der Waals surface area contributed by atoms with E-state index in [0.29, 0.717) is 0 Å². The van der Waals surface area contributed by atoms with E-state index >= 15 is 0 Å². The van der Waals surface area contributed by atoms with Crippen LogP contribution in [0.1, 0.15) is 57.7 Å². The van der Waals surface area contributed by atoms with Gasteiger partial charge in [0.2, 0.25) is 0 Å². The monoisotopic (exact) mass is 405 g/mol. The van der Waals surface area contributed by atoms with E-state index in [4.69, 9.17) is 4.74 Å². The molecule has 2 heterocycles. The van der Waals surface area contributed by atoms with E-state index in [-0.39, 0.29) is 11.9 Å². The molecule has 0 spiro atoms. The van der Waals surface area contributed by atoms with Gasteiger partial charge in [-0.25, -0.2) is 0 Å². The standard InChI is InChI=1S/C25H27NO2S/c1-3-4-5-18-6-8-20(9-7-18)25(27)26-16-14-23-22(15-17-29-23)24(26)19-10-12-21(28-2)13-11-19/h6-13,15,17,24H,3-5,14,16H2,1-2H3. The average Bonchev–Trinajstić information content (AvgIpc) is 3.26. The molecule has 2 aromatic carbocycles. The van der Waals surface area contributed by atoms with Crippen LogP contribution in [0.2, 0.25) is 0 Å². The average molecular weight is 406 g/mol. The number of methoxy groups -OCH3 is 1. The Morgan fingerprint density at radius 3 is 2.55 bits per heavy atom. The van der Waals surface area contributed by atoms with Crippen molar-refractivity contribution >= 4 is 17.2 Å². The number of benzene rings is 2. The number of carbonyl (C=O) groups excluding carboxylic acids is 1. The molecule has 0 bridgehead atoms. The van der Waals surface area contributed by atoms with Gasteiger partial charge in [0.15, 0.2) is 0 Å². The van der Waals surface area contributed by atoms with Gasteiger partial charge in [-0.2, -0.15) is 0 Å². The van der Waals surface area contributed by atoms with Crippen LogP contribution in [-0.4, -0.2) is 24.5 Å². The predicted octanol–water partition coefficient (Wildman–Crippen LogP) is 5.89. The summed E-state index contributed by atoms with van der Waals surface area (Å²) in [6, 6.07) is 18.4. The molecule has 3 nitrogen and oxygen atoms in total. The maximum atomic E-state index is 13.5. The fourth-order valence-electron chi connectivity index (χ4n) is 4.04. The largest absolute Gasteiger partial charge is 0.497 e. The number of fused-ring (bicyclic) bond motifs is 1. The first kappa shape index (κ1) is 19.7. The van der Waals surface area contributed by atoms with E-state index < -0.39 is 0 Å². The SMILES string of the molecule is CCCCc1ccc(C(=O)N2CCc3sccc3C2c2ccc(OC)cc2)cc1. The van der Waals surface area contributed by atoms with Gasteiger partial charge in [0, 0.05) is 17.0 Å². The number of unbranched alkanes of at least 4 members (excludes halogenated alkanes) is 1. The number of aryl methyl sites for hydroxylation is 1.